The van der Waals surface area contributed by atoms with Crippen LogP contribution in [0.15, 0.2) is 12.4 Å². The number of hydrogen-bond acceptors (Lipinski definition) is 9. The standard InChI is InChI=1S/C24H31N7O3S/c25-19(32)11-14-1-6-18-21(14)22-17(12-20(28-23(22)35-18)29-24-26-13-27-30-24)34-16-4-2-15(3-5-16)31-7-9-33-10-8-31/h12-16H,1-11H2,(H2,25,32)(H2,26,27,28,29,30)/t14-,15-,16-/m1/s1. The largest absolute Gasteiger partial charge is 0.490 e. The van der Waals surface area contributed by atoms with Crippen LogP contribution in [0.1, 0.15) is 54.9 Å². The van der Waals surface area contributed by atoms with Crippen LogP contribution in [0, 0.1) is 0 Å². The Hall–Kier alpha value is -2.76. The highest BCUT2D eigenvalue weighted by Crippen LogP contribution is 2.49. The summed E-state index contributed by atoms with van der Waals surface area (Å²) in [6, 6.07) is 2.58. The van der Waals surface area contributed by atoms with Gasteiger partial charge in [-0.3, -0.25) is 9.69 Å². The Morgan fingerprint density at radius 2 is 2.09 bits per heavy atom. The molecular weight excluding hydrogens is 466 g/mol. The summed E-state index contributed by atoms with van der Waals surface area (Å²) in [7, 11) is 0. The molecule has 11 heteroatoms. The highest BCUT2D eigenvalue weighted by molar-refractivity contribution is 7.19. The third-order valence-electron chi connectivity index (χ3n) is 7.48. The van der Waals surface area contributed by atoms with Crippen LogP contribution in [-0.4, -0.2) is 69.4 Å². The average molecular weight is 498 g/mol. The van der Waals surface area contributed by atoms with Gasteiger partial charge in [-0.1, -0.05) is 0 Å². The van der Waals surface area contributed by atoms with E-state index in [9.17, 15) is 4.79 Å². The van der Waals surface area contributed by atoms with E-state index in [2.05, 4.69) is 25.4 Å². The molecule has 1 atom stereocenters. The number of aryl methyl sites for hydroxylation is 1. The Bertz CT molecular complexity index is 1180. The van der Waals surface area contributed by atoms with Gasteiger partial charge in [0.15, 0.2) is 0 Å². The van der Waals surface area contributed by atoms with Crippen LogP contribution in [0.3, 0.4) is 0 Å². The van der Waals surface area contributed by atoms with Crippen molar-refractivity contribution in [2.45, 2.75) is 63.0 Å². The molecule has 186 valence electrons. The van der Waals surface area contributed by atoms with Crippen LogP contribution in [0.4, 0.5) is 11.8 Å². The number of pyridine rings is 1. The molecule has 0 aromatic carbocycles. The van der Waals surface area contributed by atoms with Crippen molar-refractivity contribution in [2.24, 2.45) is 5.73 Å². The van der Waals surface area contributed by atoms with Crippen molar-refractivity contribution in [1.29, 1.82) is 0 Å². The van der Waals surface area contributed by atoms with E-state index in [0.717, 1.165) is 80.8 Å². The number of hydrogen-bond donors (Lipinski definition) is 3. The second-order valence-corrected chi connectivity index (χ2v) is 10.8. The Morgan fingerprint density at radius 1 is 1.26 bits per heavy atom. The lowest BCUT2D eigenvalue weighted by Crippen LogP contribution is -2.46. The highest BCUT2D eigenvalue weighted by atomic mass is 32.1. The van der Waals surface area contributed by atoms with Gasteiger partial charge in [-0.05, 0) is 50.0 Å². The molecule has 0 bridgehead atoms. The van der Waals surface area contributed by atoms with Crippen molar-refractivity contribution in [3.05, 3.63) is 22.8 Å². The first-order chi connectivity index (χ1) is 17.1. The van der Waals surface area contributed by atoms with Gasteiger partial charge in [0.05, 0.1) is 24.7 Å². The molecule has 3 aromatic rings. The van der Waals surface area contributed by atoms with Crippen molar-refractivity contribution in [3.8, 4) is 5.75 Å². The van der Waals surface area contributed by atoms with Crippen LogP contribution in [0.25, 0.3) is 10.2 Å². The minimum Gasteiger partial charge on any atom is -0.490 e. The SMILES string of the molecule is NC(=O)C[C@H]1CCc2sc3nc(Nc4ncn[nH]4)cc(O[C@H]4CC[C@H](N5CCOCC5)CC4)c3c21. The third-order valence-corrected chi connectivity index (χ3v) is 8.64. The molecule has 10 nitrogen and oxygen atoms in total. The average Bonchev–Trinajstić information content (AvgIpc) is 3.58. The number of anilines is 2. The fraction of sp³-hybridized carbons (Fsp3) is 0.583. The number of H-pyrrole nitrogens is 1. The molecule has 4 N–H and O–H groups in total. The van der Waals surface area contributed by atoms with E-state index >= 15 is 0 Å². The second-order valence-electron chi connectivity index (χ2n) is 9.69. The van der Waals surface area contributed by atoms with Gasteiger partial charge in [-0.2, -0.15) is 10.1 Å². The summed E-state index contributed by atoms with van der Waals surface area (Å²) in [4.78, 5) is 25.6. The number of morpholine rings is 1. The lowest BCUT2D eigenvalue weighted by Gasteiger charge is -2.38. The van der Waals surface area contributed by atoms with Gasteiger partial charge in [0.2, 0.25) is 11.9 Å². The molecule has 1 saturated heterocycles. The monoisotopic (exact) mass is 497 g/mol. The topological polar surface area (TPSA) is 131 Å². The maximum Gasteiger partial charge on any atom is 0.224 e. The molecule has 0 spiro atoms. The Balaban J connectivity index is 1.28. The summed E-state index contributed by atoms with van der Waals surface area (Å²) in [5.41, 5.74) is 6.79. The van der Waals surface area contributed by atoms with Gasteiger partial charge >= 0.3 is 0 Å². The van der Waals surface area contributed by atoms with E-state index < -0.39 is 0 Å². The van der Waals surface area contributed by atoms with Gasteiger partial charge in [-0.25, -0.2) is 10.1 Å². The number of ether oxygens (including phenoxy) is 2. The van der Waals surface area contributed by atoms with E-state index in [1.807, 2.05) is 6.07 Å². The van der Waals surface area contributed by atoms with E-state index in [1.165, 1.54) is 16.8 Å². The first-order valence-electron chi connectivity index (χ1n) is 12.5. The summed E-state index contributed by atoms with van der Waals surface area (Å²) in [5, 5.41) is 11.0. The highest BCUT2D eigenvalue weighted by Gasteiger charge is 2.33. The van der Waals surface area contributed by atoms with Gasteiger partial charge in [0.25, 0.3) is 0 Å². The molecule has 0 unspecified atom stereocenters. The van der Waals surface area contributed by atoms with E-state index in [-0.39, 0.29) is 17.9 Å². The predicted molar refractivity (Wildman–Crippen MR) is 133 cm³/mol. The number of aromatic nitrogens is 4. The van der Waals surface area contributed by atoms with Crippen LogP contribution in [-0.2, 0) is 16.0 Å². The van der Waals surface area contributed by atoms with Crippen LogP contribution in [0.2, 0.25) is 0 Å². The van der Waals surface area contributed by atoms with Crippen molar-refractivity contribution in [1.82, 2.24) is 25.1 Å². The lowest BCUT2D eigenvalue weighted by molar-refractivity contribution is -0.118. The predicted octanol–water partition coefficient (Wildman–Crippen LogP) is 3.09. The first kappa shape index (κ1) is 22.7. The number of rotatable bonds is 7. The summed E-state index contributed by atoms with van der Waals surface area (Å²) < 4.78 is 12.2. The Morgan fingerprint density at radius 3 is 2.83 bits per heavy atom. The molecule has 35 heavy (non-hydrogen) atoms. The molecule has 0 radical (unpaired) electrons. The number of aromatic amines is 1. The molecule has 1 amide bonds. The molecule has 2 aliphatic carbocycles. The van der Waals surface area contributed by atoms with Crippen LogP contribution >= 0.6 is 11.3 Å². The number of carbonyl (C=O) groups is 1. The van der Waals surface area contributed by atoms with Crippen molar-refractivity contribution in [3.63, 3.8) is 0 Å². The quantitative estimate of drug-likeness (QED) is 0.454. The van der Waals surface area contributed by atoms with Crippen molar-refractivity contribution >= 4 is 39.2 Å². The number of primary amides is 1. The van der Waals surface area contributed by atoms with Crippen LogP contribution < -0.4 is 15.8 Å². The molecular formula is C24H31N7O3S. The van der Waals surface area contributed by atoms with E-state index in [4.69, 9.17) is 20.2 Å². The molecule has 3 aromatic heterocycles. The maximum absolute atomic E-state index is 11.8. The van der Waals surface area contributed by atoms with Crippen molar-refractivity contribution in [2.75, 3.05) is 31.6 Å². The fourth-order valence-corrected chi connectivity index (χ4v) is 7.13. The Labute approximate surface area is 207 Å². The number of nitrogens with one attached hydrogen (secondary N) is 2. The number of fused-ring (bicyclic) bond motifs is 3. The van der Waals surface area contributed by atoms with Gasteiger partial charge in [0, 0.05) is 36.5 Å². The number of thiophene rings is 1. The zero-order chi connectivity index (χ0) is 23.8. The third kappa shape index (κ3) is 4.72. The summed E-state index contributed by atoms with van der Waals surface area (Å²) in [6.07, 6.45) is 8.18. The second kappa shape index (κ2) is 9.71. The van der Waals surface area contributed by atoms with E-state index in [1.54, 1.807) is 11.3 Å². The molecule has 6 rings (SSSR count). The zero-order valence-corrected chi connectivity index (χ0v) is 20.5. The first-order valence-corrected chi connectivity index (χ1v) is 13.3. The molecule has 1 saturated carbocycles. The maximum atomic E-state index is 11.8. The minimum atomic E-state index is -0.261. The van der Waals surface area contributed by atoms with Gasteiger partial charge in [-0.15, -0.1) is 11.3 Å². The summed E-state index contributed by atoms with van der Waals surface area (Å²) in [6.45, 7) is 3.73. The number of carbonyl (C=O) groups excluding carboxylic acids is 1. The summed E-state index contributed by atoms with van der Waals surface area (Å²) in [5.74, 6) is 1.90. The lowest BCUT2D eigenvalue weighted by atomic mass is 9.91. The number of nitrogens with two attached hydrogens (primary N) is 1. The smallest absolute Gasteiger partial charge is 0.224 e. The van der Waals surface area contributed by atoms with Crippen molar-refractivity contribution < 1.29 is 14.3 Å². The molecule has 1 aliphatic heterocycles. The minimum absolute atomic E-state index is 0.130. The summed E-state index contributed by atoms with van der Waals surface area (Å²) >= 11 is 1.69. The fourth-order valence-electron chi connectivity index (χ4n) is 5.84. The molecule has 3 aliphatic rings. The van der Waals surface area contributed by atoms with E-state index in [0.29, 0.717) is 24.2 Å². The Kier molecular flexibility index (Phi) is 6.29. The molecule has 2 fully saturated rings. The zero-order valence-electron chi connectivity index (χ0n) is 19.7. The van der Waals surface area contributed by atoms with Gasteiger partial charge < -0.3 is 20.5 Å². The normalized spacial score (nSPS) is 25.0. The number of nitrogens with zero attached hydrogens (tertiary/aromatic N) is 4. The van der Waals surface area contributed by atoms with Crippen LogP contribution in [0.5, 0.6) is 5.75 Å². The van der Waals surface area contributed by atoms with Gasteiger partial charge in [0.1, 0.15) is 22.7 Å². The number of amides is 1. The molecule has 4 heterocycles.